The Hall–Kier alpha value is -3.87. The van der Waals surface area contributed by atoms with Gasteiger partial charge in [-0.05, 0) is 43.0 Å². The van der Waals surface area contributed by atoms with Crippen molar-refractivity contribution in [2.45, 2.75) is 32.7 Å². The van der Waals surface area contributed by atoms with Gasteiger partial charge in [-0.2, -0.15) is 4.98 Å². The molecule has 4 aromatic rings. The molecule has 2 aromatic carbocycles. The molecule has 168 valence electrons. The second-order valence-electron chi connectivity index (χ2n) is 8.80. The van der Waals surface area contributed by atoms with Crippen molar-refractivity contribution in [2.24, 2.45) is 5.92 Å². The Bertz CT molecular complexity index is 1260. The third kappa shape index (κ3) is 4.98. The first-order valence-corrected chi connectivity index (χ1v) is 11.3. The van der Waals surface area contributed by atoms with Crippen LogP contribution in [0.1, 0.15) is 37.0 Å². The van der Waals surface area contributed by atoms with Gasteiger partial charge in [0.25, 0.3) is 5.91 Å². The smallest absolute Gasteiger partial charge is 0.251 e. The number of aromatic nitrogens is 3. The van der Waals surface area contributed by atoms with Crippen LogP contribution in [-0.2, 0) is 0 Å². The minimum Gasteiger partial charge on any atom is -0.437 e. The molecule has 0 atom stereocenters. The molecule has 1 aliphatic carbocycles. The van der Waals surface area contributed by atoms with Gasteiger partial charge in [0, 0.05) is 29.9 Å². The molecule has 5 rings (SSSR count). The largest absolute Gasteiger partial charge is 0.437 e. The van der Waals surface area contributed by atoms with Gasteiger partial charge >= 0.3 is 0 Å². The highest BCUT2D eigenvalue weighted by atomic mass is 16.5. The average Bonchev–Trinajstić information content (AvgIpc) is 3.53. The molecule has 2 aromatic heterocycles. The maximum absolute atomic E-state index is 12.3. The van der Waals surface area contributed by atoms with Gasteiger partial charge in [0.15, 0.2) is 11.5 Å². The SMILES string of the molecule is CC(C)CNc1nc(Oc2ccccc2)cn2cc(-c3ccc(C(=O)NC4CC4)cc3)nc12. The average molecular weight is 442 g/mol. The second-order valence-corrected chi connectivity index (χ2v) is 8.80. The Morgan fingerprint density at radius 3 is 2.52 bits per heavy atom. The van der Waals surface area contributed by atoms with Crippen molar-refractivity contribution >= 4 is 17.4 Å². The lowest BCUT2D eigenvalue weighted by molar-refractivity contribution is 0.0951. The van der Waals surface area contributed by atoms with Crippen LogP contribution in [0.4, 0.5) is 5.82 Å². The van der Waals surface area contributed by atoms with E-state index in [9.17, 15) is 4.79 Å². The summed E-state index contributed by atoms with van der Waals surface area (Å²) in [6.45, 7) is 5.06. The van der Waals surface area contributed by atoms with Crippen molar-refractivity contribution in [3.05, 3.63) is 72.6 Å². The molecule has 0 spiro atoms. The predicted octanol–water partition coefficient (Wildman–Crippen LogP) is 5.15. The summed E-state index contributed by atoms with van der Waals surface area (Å²) in [5, 5.41) is 6.42. The lowest BCUT2D eigenvalue weighted by Gasteiger charge is -2.11. The number of ether oxygens (including phenoxy) is 1. The van der Waals surface area contributed by atoms with Crippen molar-refractivity contribution in [1.29, 1.82) is 0 Å². The number of fused-ring (bicyclic) bond motifs is 1. The molecule has 7 nitrogen and oxygen atoms in total. The summed E-state index contributed by atoms with van der Waals surface area (Å²) in [7, 11) is 0. The van der Waals surface area contributed by atoms with Crippen molar-refractivity contribution in [3.8, 4) is 22.9 Å². The molecule has 0 saturated heterocycles. The summed E-state index contributed by atoms with van der Waals surface area (Å²) in [5.74, 6) is 2.31. The Labute approximate surface area is 192 Å². The topological polar surface area (TPSA) is 80.5 Å². The number of rotatable bonds is 8. The maximum Gasteiger partial charge on any atom is 0.251 e. The summed E-state index contributed by atoms with van der Waals surface area (Å²) in [6, 6.07) is 17.5. The molecule has 0 radical (unpaired) electrons. The van der Waals surface area contributed by atoms with Crippen LogP contribution in [0, 0.1) is 5.92 Å². The van der Waals surface area contributed by atoms with E-state index in [1.165, 1.54) is 0 Å². The van der Waals surface area contributed by atoms with Crippen LogP contribution in [-0.4, -0.2) is 32.9 Å². The molecule has 0 unspecified atom stereocenters. The minimum atomic E-state index is -0.0221. The summed E-state index contributed by atoms with van der Waals surface area (Å²) in [5.41, 5.74) is 3.12. The molecule has 0 aliphatic heterocycles. The number of anilines is 1. The summed E-state index contributed by atoms with van der Waals surface area (Å²) in [4.78, 5) is 21.8. The molecular formula is C26H27N5O2. The number of hydrogen-bond acceptors (Lipinski definition) is 5. The third-order valence-electron chi connectivity index (χ3n) is 5.41. The number of carbonyl (C=O) groups excluding carboxylic acids is 1. The van der Waals surface area contributed by atoms with Crippen LogP contribution < -0.4 is 15.4 Å². The van der Waals surface area contributed by atoms with Crippen molar-refractivity contribution < 1.29 is 9.53 Å². The van der Waals surface area contributed by atoms with Crippen LogP contribution >= 0.6 is 0 Å². The maximum atomic E-state index is 12.3. The number of carbonyl (C=O) groups is 1. The summed E-state index contributed by atoms with van der Waals surface area (Å²) >= 11 is 0. The molecule has 33 heavy (non-hydrogen) atoms. The molecule has 1 saturated carbocycles. The van der Waals surface area contributed by atoms with Gasteiger partial charge in [0.2, 0.25) is 5.88 Å². The number of para-hydroxylation sites is 1. The molecule has 7 heteroatoms. The van der Waals surface area contributed by atoms with E-state index >= 15 is 0 Å². The summed E-state index contributed by atoms with van der Waals surface area (Å²) < 4.78 is 7.91. The number of benzene rings is 2. The fourth-order valence-electron chi connectivity index (χ4n) is 3.48. The molecule has 2 N–H and O–H groups in total. The highest BCUT2D eigenvalue weighted by Crippen LogP contribution is 2.27. The van der Waals surface area contributed by atoms with Crippen molar-refractivity contribution in [1.82, 2.24) is 19.7 Å². The lowest BCUT2D eigenvalue weighted by atomic mass is 10.1. The Kier molecular flexibility index (Phi) is 5.69. The highest BCUT2D eigenvalue weighted by Gasteiger charge is 2.23. The summed E-state index contributed by atoms with van der Waals surface area (Å²) in [6.07, 6.45) is 5.93. The third-order valence-corrected chi connectivity index (χ3v) is 5.41. The number of hydrogen-bond donors (Lipinski definition) is 2. The first kappa shape index (κ1) is 21.0. The second kappa shape index (κ2) is 8.94. The molecule has 1 fully saturated rings. The van der Waals surface area contributed by atoms with Crippen LogP contribution in [0.25, 0.3) is 16.9 Å². The van der Waals surface area contributed by atoms with Gasteiger partial charge < -0.3 is 15.4 Å². The Morgan fingerprint density at radius 2 is 1.82 bits per heavy atom. The van der Waals surface area contributed by atoms with E-state index < -0.39 is 0 Å². The first-order chi connectivity index (χ1) is 16.0. The van der Waals surface area contributed by atoms with Crippen LogP contribution in [0.5, 0.6) is 11.6 Å². The van der Waals surface area contributed by atoms with E-state index in [1.807, 2.05) is 71.4 Å². The molecule has 1 amide bonds. The molecular weight excluding hydrogens is 414 g/mol. The van der Waals surface area contributed by atoms with E-state index in [4.69, 9.17) is 9.72 Å². The van der Waals surface area contributed by atoms with E-state index in [0.717, 1.165) is 42.0 Å². The fourth-order valence-corrected chi connectivity index (χ4v) is 3.48. The standard InChI is InChI=1S/C26H27N5O2/c1-17(2)14-27-24-25-29-22(18-8-10-19(11-9-18)26(32)28-20-12-13-20)15-31(25)16-23(30-24)33-21-6-4-3-5-7-21/h3-11,15-17,20H,12-14H2,1-2H3,(H,27,30)(H,28,32). The highest BCUT2D eigenvalue weighted by molar-refractivity contribution is 5.95. The monoisotopic (exact) mass is 441 g/mol. The molecule has 0 bridgehead atoms. The number of nitrogens with one attached hydrogen (secondary N) is 2. The quantitative estimate of drug-likeness (QED) is 0.395. The minimum absolute atomic E-state index is 0.0221. The van der Waals surface area contributed by atoms with Gasteiger partial charge in [-0.15, -0.1) is 0 Å². The van der Waals surface area contributed by atoms with E-state index in [2.05, 4.69) is 29.5 Å². The van der Waals surface area contributed by atoms with Gasteiger partial charge in [-0.1, -0.05) is 44.2 Å². The first-order valence-electron chi connectivity index (χ1n) is 11.3. The number of imidazole rings is 1. The fraction of sp³-hybridized carbons (Fsp3) is 0.269. The zero-order chi connectivity index (χ0) is 22.8. The lowest BCUT2D eigenvalue weighted by Crippen LogP contribution is -2.25. The molecule has 2 heterocycles. The van der Waals surface area contributed by atoms with Crippen molar-refractivity contribution in [2.75, 3.05) is 11.9 Å². The zero-order valence-electron chi connectivity index (χ0n) is 18.8. The Balaban J connectivity index is 1.45. The van der Waals surface area contributed by atoms with Gasteiger partial charge in [0.05, 0.1) is 11.9 Å². The van der Waals surface area contributed by atoms with Crippen LogP contribution in [0.2, 0.25) is 0 Å². The van der Waals surface area contributed by atoms with E-state index in [0.29, 0.717) is 29.2 Å². The van der Waals surface area contributed by atoms with Gasteiger partial charge in [-0.3, -0.25) is 9.20 Å². The van der Waals surface area contributed by atoms with Crippen LogP contribution in [0.3, 0.4) is 0 Å². The van der Waals surface area contributed by atoms with Crippen LogP contribution in [0.15, 0.2) is 67.0 Å². The van der Waals surface area contributed by atoms with Crippen molar-refractivity contribution in [3.63, 3.8) is 0 Å². The number of amides is 1. The normalized spacial score (nSPS) is 13.3. The Morgan fingerprint density at radius 1 is 1.06 bits per heavy atom. The zero-order valence-corrected chi connectivity index (χ0v) is 18.8. The number of nitrogens with zero attached hydrogens (tertiary/aromatic N) is 3. The van der Waals surface area contributed by atoms with E-state index in [1.54, 1.807) is 0 Å². The van der Waals surface area contributed by atoms with Gasteiger partial charge in [0.1, 0.15) is 5.75 Å². The molecule has 1 aliphatic rings. The predicted molar refractivity (Wildman–Crippen MR) is 129 cm³/mol. The van der Waals surface area contributed by atoms with Gasteiger partial charge in [-0.25, -0.2) is 4.98 Å². The van der Waals surface area contributed by atoms with E-state index in [-0.39, 0.29) is 5.91 Å².